The number of primary amides is 1. The number of nitrogens with zero attached hydrogens (tertiary/aromatic N) is 2. The Bertz CT molecular complexity index is 561. The fourth-order valence-electron chi connectivity index (χ4n) is 3.20. The number of hydrogen-bond donors (Lipinski definition) is 4. The van der Waals surface area contributed by atoms with Crippen LogP contribution in [0, 0.1) is 0 Å². The monoisotopic (exact) mass is 412 g/mol. The first-order valence-corrected chi connectivity index (χ1v) is 10.6. The van der Waals surface area contributed by atoms with E-state index in [1.807, 2.05) is 41.5 Å². The van der Waals surface area contributed by atoms with Crippen LogP contribution in [0.15, 0.2) is 4.99 Å². The molecule has 9 nitrogen and oxygen atoms in total. The number of guanidine groups is 1. The summed E-state index contributed by atoms with van der Waals surface area (Å²) in [4.78, 5) is 30.0. The zero-order chi connectivity index (χ0) is 22.1. The molecule has 1 fully saturated rings. The van der Waals surface area contributed by atoms with Gasteiger partial charge in [-0.3, -0.25) is 4.99 Å². The van der Waals surface area contributed by atoms with Gasteiger partial charge in [0.25, 0.3) is 0 Å². The highest BCUT2D eigenvalue weighted by Crippen LogP contribution is 2.18. The lowest BCUT2D eigenvalue weighted by Crippen LogP contribution is -2.53. The van der Waals surface area contributed by atoms with Crippen molar-refractivity contribution in [3.8, 4) is 0 Å². The molecule has 0 unspecified atom stereocenters. The predicted molar refractivity (Wildman–Crippen MR) is 116 cm³/mol. The summed E-state index contributed by atoms with van der Waals surface area (Å²) in [5, 5.41) is 9.73. The van der Waals surface area contributed by atoms with Crippen LogP contribution in [0.5, 0.6) is 0 Å². The van der Waals surface area contributed by atoms with Crippen molar-refractivity contribution in [3.63, 3.8) is 0 Å². The molecule has 0 spiro atoms. The first kappa shape index (κ1) is 24.8. The number of hydrogen-bond acceptors (Lipinski definition) is 4. The standard InChI is InChI=1S/C20H40N6O3/c1-7-20(8-2,25-18(28)29-19(4,5)6)14-23-17(22-9-3)24-15-10-12-26(13-11-15)16(21)27/h15H,7-14H2,1-6H3,(H2,21,27)(H,25,28)(H2,22,23,24). The molecule has 0 aromatic rings. The minimum absolute atomic E-state index is 0.222. The lowest BCUT2D eigenvalue weighted by Gasteiger charge is -2.34. The normalized spacial score (nSPS) is 16.3. The molecular weight excluding hydrogens is 372 g/mol. The van der Waals surface area contributed by atoms with Crippen LogP contribution in [-0.2, 0) is 4.74 Å². The molecule has 168 valence electrons. The minimum Gasteiger partial charge on any atom is -0.444 e. The Morgan fingerprint density at radius 2 is 1.72 bits per heavy atom. The molecule has 1 aliphatic rings. The van der Waals surface area contributed by atoms with Gasteiger partial charge in [0.05, 0.1) is 12.1 Å². The van der Waals surface area contributed by atoms with Crippen LogP contribution in [-0.4, -0.2) is 66.3 Å². The van der Waals surface area contributed by atoms with Crippen LogP contribution < -0.4 is 21.7 Å². The average Bonchev–Trinajstić information content (AvgIpc) is 2.64. The molecule has 0 aromatic heterocycles. The SMILES string of the molecule is CCNC(=NCC(CC)(CC)NC(=O)OC(C)(C)C)NC1CCN(C(N)=O)CC1. The minimum atomic E-state index is -0.545. The molecule has 5 N–H and O–H groups in total. The number of carbonyl (C=O) groups excluding carboxylic acids is 2. The van der Waals surface area contributed by atoms with E-state index < -0.39 is 17.2 Å². The predicted octanol–water partition coefficient (Wildman–Crippen LogP) is 2.17. The van der Waals surface area contributed by atoms with Crippen LogP contribution in [0.25, 0.3) is 0 Å². The second-order valence-corrected chi connectivity index (χ2v) is 8.55. The highest BCUT2D eigenvalue weighted by Gasteiger charge is 2.31. The van der Waals surface area contributed by atoms with Crippen LogP contribution in [0.2, 0.25) is 0 Å². The van der Waals surface area contributed by atoms with Crippen LogP contribution in [0.3, 0.4) is 0 Å². The number of aliphatic imine (C=N–C) groups is 1. The van der Waals surface area contributed by atoms with Crippen molar-refractivity contribution in [2.24, 2.45) is 10.7 Å². The van der Waals surface area contributed by atoms with Crippen molar-refractivity contribution in [1.29, 1.82) is 0 Å². The summed E-state index contributed by atoms with van der Waals surface area (Å²) in [5.41, 5.74) is 4.33. The van der Waals surface area contributed by atoms with Gasteiger partial charge in [0, 0.05) is 25.7 Å². The summed E-state index contributed by atoms with van der Waals surface area (Å²) in [7, 11) is 0. The molecule has 1 rings (SSSR count). The number of amides is 3. The van der Waals surface area contributed by atoms with Gasteiger partial charge in [-0.05, 0) is 53.4 Å². The lowest BCUT2D eigenvalue weighted by atomic mass is 9.93. The van der Waals surface area contributed by atoms with Gasteiger partial charge >= 0.3 is 12.1 Å². The Balaban J connectivity index is 2.76. The van der Waals surface area contributed by atoms with E-state index in [2.05, 4.69) is 16.0 Å². The van der Waals surface area contributed by atoms with E-state index >= 15 is 0 Å². The van der Waals surface area contributed by atoms with Gasteiger partial charge in [-0.1, -0.05) is 13.8 Å². The van der Waals surface area contributed by atoms with Crippen molar-refractivity contribution < 1.29 is 14.3 Å². The number of nitrogens with two attached hydrogens (primary N) is 1. The van der Waals surface area contributed by atoms with Gasteiger partial charge in [0.2, 0.25) is 0 Å². The Labute approximate surface area is 175 Å². The van der Waals surface area contributed by atoms with E-state index in [4.69, 9.17) is 15.5 Å². The number of rotatable bonds is 7. The molecule has 0 bridgehead atoms. The zero-order valence-electron chi connectivity index (χ0n) is 18.9. The molecule has 0 atom stereocenters. The van der Waals surface area contributed by atoms with Crippen molar-refractivity contribution in [2.45, 2.75) is 84.4 Å². The number of alkyl carbamates (subject to hydrolysis) is 1. The van der Waals surface area contributed by atoms with Crippen molar-refractivity contribution in [2.75, 3.05) is 26.2 Å². The first-order valence-electron chi connectivity index (χ1n) is 10.6. The third-order valence-electron chi connectivity index (χ3n) is 5.15. The van der Waals surface area contributed by atoms with E-state index in [1.165, 1.54) is 0 Å². The van der Waals surface area contributed by atoms with Gasteiger partial charge in [0.15, 0.2) is 5.96 Å². The molecular formula is C20H40N6O3. The maximum atomic E-state index is 12.3. The van der Waals surface area contributed by atoms with Crippen molar-refractivity contribution >= 4 is 18.1 Å². The van der Waals surface area contributed by atoms with E-state index in [9.17, 15) is 9.59 Å². The molecule has 1 aliphatic heterocycles. The third kappa shape index (κ3) is 8.79. The number of piperidine rings is 1. The van der Waals surface area contributed by atoms with Gasteiger partial charge in [-0.2, -0.15) is 0 Å². The van der Waals surface area contributed by atoms with Gasteiger partial charge < -0.3 is 31.3 Å². The van der Waals surface area contributed by atoms with Crippen molar-refractivity contribution in [1.82, 2.24) is 20.9 Å². The number of urea groups is 1. The maximum Gasteiger partial charge on any atom is 0.408 e. The van der Waals surface area contributed by atoms with Crippen LogP contribution in [0.1, 0.15) is 67.2 Å². The summed E-state index contributed by atoms with van der Waals surface area (Å²) < 4.78 is 5.43. The summed E-state index contributed by atoms with van der Waals surface area (Å²) in [6.45, 7) is 14.1. The summed E-state index contributed by atoms with van der Waals surface area (Å²) in [6, 6.07) is -0.146. The van der Waals surface area contributed by atoms with Crippen molar-refractivity contribution in [3.05, 3.63) is 0 Å². The first-order chi connectivity index (χ1) is 13.5. The maximum absolute atomic E-state index is 12.3. The summed E-state index contributed by atoms with van der Waals surface area (Å²) in [5.74, 6) is 0.710. The fourth-order valence-corrected chi connectivity index (χ4v) is 3.20. The molecule has 0 radical (unpaired) electrons. The lowest BCUT2D eigenvalue weighted by molar-refractivity contribution is 0.0451. The Morgan fingerprint density at radius 3 is 2.17 bits per heavy atom. The van der Waals surface area contributed by atoms with E-state index in [-0.39, 0.29) is 12.1 Å². The van der Waals surface area contributed by atoms with Gasteiger partial charge in [-0.25, -0.2) is 9.59 Å². The molecule has 0 saturated carbocycles. The Hall–Kier alpha value is -2.19. The highest BCUT2D eigenvalue weighted by molar-refractivity contribution is 5.80. The van der Waals surface area contributed by atoms with Crippen LogP contribution in [0.4, 0.5) is 9.59 Å². The molecule has 29 heavy (non-hydrogen) atoms. The zero-order valence-corrected chi connectivity index (χ0v) is 18.9. The summed E-state index contributed by atoms with van der Waals surface area (Å²) in [6.07, 6.45) is 2.69. The Kier molecular flexibility index (Phi) is 9.52. The number of ether oxygens (including phenoxy) is 1. The number of carbonyl (C=O) groups is 2. The van der Waals surface area contributed by atoms with E-state index in [0.29, 0.717) is 25.6 Å². The largest absolute Gasteiger partial charge is 0.444 e. The number of likely N-dealkylation sites (tertiary alicyclic amines) is 1. The molecule has 3 amide bonds. The fraction of sp³-hybridized carbons (Fsp3) is 0.850. The molecule has 9 heteroatoms. The molecule has 1 saturated heterocycles. The van der Waals surface area contributed by atoms with Gasteiger partial charge in [-0.15, -0.1) is 0 Å². The van der Waals surface area contributed by atoms with Crippen LogP contribution >= 0.6 is 0 Å². The van der Waals surface area contributed by atoms with E-state index in [1.54, 1.807) is 4.90 Å². The van der Waals surface area contributed by atoms with Gasteiger partial charge in [0.1, 0.15) is 5.60 Å². The van der Waals surface area contributed by atoms with E-state index in [0.717, 1.165) is 32.2 Å². The molecule has 1 heterocycles. The summed E-state index contributed by atoms with van der Waals surface area (Å²) >= 11 is 0. The Morgan fingerprint density at radius 1 is 1.14 bits per heavy atom. The quantitative estimate of drug-likeness (QED) is 0.377. The third-order valence-corrected chi connectivity index (χ3v) is 5.15. The topological polar surface area (TPSA) is 121 Å². The molecule has 0 aliphatic carbocycles. The number of nitrogens with one attached hydrogen (secondary N) is 3. The second-order valence-electron chi connectivity index (χ2n) is 8.55. The second kappa shape index (κ2) is 11.1. The molecule has 0 aromatic carbocycles. The average molecular weight is 413 g/mol. The highest BCUT2D eigenvalue weighted by atomic mass is 16.6. The smallest absolute Gasteiger partial charge is 0.408 e.